The second-order valence-electron chi connectivity index (χ2n) is 10.7. The lowest BCUT2D eigenvalue weighted by atomic mass is 9.66. The summed E-state index contributed by atoms with van der Waals surface area (Å²) in [5.41, 5.74) is 10.00. The Morgan fingerprint density at radius 1 is 0.806 bits per heavy atom. The summed E-state index contributed by atoms with van der Waals surface area (Å²) in [6, 6.07) is 22.3. The predicted molar refractivity (Wildman–Crippen MR) is 144 cm³/mol. The number of ether oxygens (including phenoxy) is 2. The van der Waals surface area contributed by atoms with Crippen molar-refractivity contribution in [2.75, 3.05) is 32.2 Å². The van der Waals surface area contributed by atoms with Crippen LogP contribution in [0.4, 0.5) is 5.69 Å². The Morgan fingerprint density at radius 2 is 1.58 bits per heavy atom. The lowest BCUT2D eigenvalue weighted by molar-refractivity contribution is -0.141. The first-order chi connectivity index (χ1) is 17.7. The Hall–Kier alpha value is -2.82. The van der Waals surface area contributed by atoms with E-state index in [4.69, 9.17) is 9.47 Å². The van der Waals surface area contributed by atoms with E-state index >= 15 is 0 Å². The molecule has 0 saturated carbocycles. The predicted octanol–water partition coefficient (Wildman–Crippen LogP) is 6.19. The fraction of sp³-hybridized carbons (Fsp3) is 0.438. The van der Waals surface area contributed by atoms with Crippen LogP contribution in [0.5, 0.6) is 5.75 Å². The first kappa shape index (κ1) is 23.6. The second-order valence-corrected chi connectivity index (χ2v) is 10.7. The molecular formula is C32H37NO3. The average Bonchev–Trinajstić information content (AvgIpc) is 2.90. The van der Waals surface area contributed by atoms with Crippen LogP contribution in [0, 0.1) is 5.92 Å². The molecular weight excluding hydrogens is 446 g/mol. The first-order valence-electron chi connectivity index (χ1n) is 13.5. The molecule has 0 spiro atoms. The molecule has 1 fully saturated rings. The largest absolute Gasteiger partial charge is 0.508 e. The molecule has 1 saturated heterocycles. The maximum atomic E-state index is 10.2. The molecule has 2 atom stereocenters. The van der Waals surface area contributed by atoms with Gasteiger partial charge in [-0.3, -0.25) is 0 Å². The van der Waals surface area contributed by atoms with Crippen LogP contribution < -0.4 is 4.90 Å². The van der Waals surface area contributed by atoms with Gasteiger partial charge in [0.25, 0.3) is 0 Å². The van der Waals surface area contributed by atoms with E-state index in [0.29, 0.717) is 23.5 Å². The first-order valence-corrected chi connectivity index (χ1v) is 13.5. The van der Waals surface area contributed by atoms with E-state index in [1.807, 2.05) is 12.1 Å². The van der Waals surface area contributed by atoms with E-state index in [9.17, 15) is 5.11 Å². The molecule has 1 heterocycles. The summed E-state index contributed by atoms with van der Waals surface area (Å²) >= 11 is 0. The molecule has 0 radical (unpaired) electrons. The van der Waals surface area contributed by atoms with E-state index in [1.54, 1.807) is 25.3 Å². The SMILES string of the molecule is COC(OC)C1CCN(c2ccc([C@H]3c4ccc(O)cc4CC[C@H]3c3cccc4c3CC4)cc2)CC1. The third-order valence-corrected chi connectivity index (χ3v) is 8.95. The lowest BCUT2D eigenvalue weighted by Gasteiger charge is -2.38. The van der Waals surface area contributed by atoms with Crippen LogP contribution in [0.15, 0.2) is 60.7 Å². The van der Waals surface area contributed by atoms with Gasteiger partial charge in [-0.25, -0.2) is 0 Å². The second kappa shape index (κ2) is 9.91. The summed E-state index contributed by atoms with van der Waals surface area (Å²) in [4.78, 5) is 2.49. The van der Waals surface area contributed by atoms with Gasteiger partial charge in [0.1, 0.15) is 5.75 Å². The summed E-state index contributed by atoms with van der Waals surface area (Å²) in [6.45, 7) is 2.05. The zero-order chi connectivity index (χ0) is 24.6. The molecule has 188 valence electrons. The van der Waals surface area contributed by atoms with Gasteiger partial charge in [0.15, 0.2) is 6.29 Å². The number of phenols is 1. The van der Waals surface area contributed by atoms with Crippen LogP contribution in [-0.2, 0) is 28.7 Å². The van der Waals surface area contributed by atoms with Crippen LogP contribution >= 0.6 is 0 Å². The normalized spacial score (nSPS) is 21.7. The monoisotopic (exact) mass is 483 g/mol. The van der Waals surface area contributed by atoms with Crippen molar-refractivity contribution < 1.29 is 14.6 Å². The summed E-state index contributed by atoms with van der Waals surface area (Å²) < 4.78 is 11.0. The number of rotatable bonds is 6. The van der Waals surface area contributed by atoms with Crippen molar-refractivity contribution in [3.63, 3.8) is 0 Å². The highest BCUT2D eigenvalue weighted by Gasteiger charge is 2.35. The van der Waals surface area contributed by atoms with Gasteiger partial charge in [-0.05, 0) is 102 Å². The van der Waals surface area contributed by atoms with Crippen LogP contribution in [0.2, 0.25) is 0 Å². The maximum Gasteiger partial charge on any atom is 0.159 e. The molecule has 1 aliphatic heterocycles. The molecule has 0 amide bonds. The molecule has 4 heteroatoms. The summed E-state index contributed by atoms with van der Waals surface area (Å²) in [6.07, 6.45) is 6.61. The van der Waals surface area contributed by atoms with Crippen LogP contribution in [-0.4, -0.2) is 38.7 Å². The standard InChI is InChI=1S/C32H37NO3/c1-35-32(36-2)23-16-18-33(19-17-23)25-10-6-22(7-11-25)31-28-15-12-26(34)20-24(28)9-14-30(31)29-5-3-4-21-8-13-27(21)29/h3-7,10-12,15,20,23,30-32,34H,8-9,13-14,16-19H2,1-2H3/t30-,31-/m0/s1. The van der Waals surface area contributed by atoms with E-state index in [1.165, 1.54) is 40.8 Å². The minimum absolute atomic E-state index is 0.104. The van der Waals surface area contributed by atoms with Crippen molar-refractivity contribution in [1.29, 1.82) is 0 Å². The Morgan fingerprint density at radius 3 is 2.28 bits per heavy atom. The van der Waals surface area contributed by atoms with Crippen LogP contribution in [0.25, 0.3) is 0 Å². The molecule has 3 aromatic rings. The molecule has 0 unspecified atom stereocenters. The molecule has 6 rings (SSSR count). The number of methoxy groups -OCH3 is 2. The Bertz CT molecular complexity index is 1210. The van der Waals surface area contributed by atoms with Gasteiger partial charge in [-0.15, -0.1) is 0 Å². The number of fused-ring (bicyclic) bond motifs is 2. The van der Waals surface area contributed by atoms with Crippen molar-refractivity contribution in [2.45, 2.75) is 56.7 Å². The summed E-state index contributed by atoms with van der Waals surface area (Å²) in [7, 11) is 3.47. The van der Waals surface area contributed by atoms with E-state index in [0.717, 1.165) is 38.8 Å². The number of nitrogens with zero attached hydrogens (tertiary/aromatic N) is 1. The maximum absolute atomic E-state index is 10.2. The number of phenolic OH excluding ortho intramolecular Hbond substituents is 1. The Labute approximate surface area is 214 Å². The van der Waals surface area contributed by atoms with Crippen molar-refractivity contribution in [3.8, 4) is 5.75 Å². The van der Waals surface area contributed by atoms with E-state index in [2.05, 4.69) is 53.4 Å². The minimum atomic E-state index is -0.104. The molecule has 4 nitrogen and oxygen atoms in total. The number of aryl methyl sites for hydroxylation is 2. The van der Waals surface area contributed by atoms with Gasteiger partial charge in [0.05, 0.1) is 0 Å². The molecule has 3 aliphatic rings. The Kier molecular flexibility index (Phi) is 6.49. The molecule has 36 heavy (non-hydrogen) atoms. The zero-order valence-corrected chi connectivity index (χ0v) is 21.5. The number of hydrogen-bond acceptors (Lipinski definition) is 4. The summed E-state index contributed by atoms with van der Waals surface area (Å²) in [5, 5.41) is 10.2. The molecule has 0 bridgehead atoms. The average molecular weight is 484 g/mol. The van der Waals surface area contributed by atoms with Crippen molar-refractivity contribution in [3.05, 3.63) is 94.0 Å². The fourth-order valence-corrected chi connectivity index (χ4v) is 6.98. The molecule has 3 aromatic carbocycles. The quantitative estimate of drug-likeness (QED) is 0.425. The molecule has 2 aliphatic carbocycles. The van der Waals surface area contributed by atoms with Crippen LogP contribution in [0.1, 0.15) is 64.5 Å². The number of piperidine rings is 1. The highest BCUT2D eigenvalue weighted by molar-refractivity contribution is 5.54. The smallest absolute Gasteiger partial charge is 0.159 e. The number of aromatic hydroxyl groups is 1. The highest BCUT2D eigenvalue weighted by Crippen LogP contribution is 2.49. The van der Waals surface area contributed by atoms with Crippen molar-refractivity contribution in [1.82, 2.24) is 0 Å². The fourth-order valence-electron chi connectivity index (χ4n) is 6.98. The van der Waals surface area contributed by atoms with Gasteiger partial charge in [0.2, 0.25) is 0 Å². The minimum Gasteiger partial charge on any atom is -0.508 e. The van der Waals surface area contributed by atoms with Crippen molar-refractivity contribution in [2.24, 2.45) is 5.92 Å². The zero-order valence-electron chi connectivity index (χ0n) is 21.5. The third kappa shape index (κ3) is 4.21. The topological polar surface area (TPSA) is 41.9 Å². The number of hydrogen-bond donors (Lipinski definition) is 1. The van der Waals surface area contributed by atoms with Gasteiger partial charge in [-0.1, -0.05) is 36.4 Å². The van der Waals surface area contributed by atoms with Gasteiger partial charge in [-0.2, -0.15) is 0 Å². The molecule has 0 aromatic heterocycles. The van der Waals surface area contributed by atoms with E-state index in [-0.39, 0.29) is 6.29 Å². The molecule has 1 N–H and O–H groups in total. The lowest BCUT2D eigenvalue weighted by Crippen LogP contribution is -2.39. The van der Waals surface area contributed by atoms with Gasteiger partial charge < -0.3 is 19.5 Å². The number of anilines is 1. The van der Waals surface area contributed by atoms with Crippen molar-refractivity contribution >= 4 is 5.69 Å². The van der Waals surface area contributed by atoms with Crippen LogP contribution in [0.3, 0.4) is 0 Å². The third-order valence-electron chi connectivity index (χ3n) is 8.95. The van der Waals surface area contributed by atoms with Gasteiger partial charge in [0, 0.05) is 44.8 Å². The van der Waals surface area contributed by atoms with Gasteiger partial charge >= 0.3 is 0 Å². The Balaban J connectivity index is 1.28. The summed E-state index contributed by atoms with van der Waals surface area (Å²) in [5.74, 6) is 1.61. The highest BCUT2D eigenvalue weighted by atomic mass is 16.7. The van der Waals surface area contributed by atoms with E-state index < -0.39 is 0 Å². The number of benzene rings is 3.